The maximum Gasteiger partial charge on any atom is 0.253 e. The molecule has 0 saturated heterocycles. The van der Waals surface area contributed by atoms with Gasteiger partial charge in [0.05, 0.1) is 16.6 Å². The third-order valence-corrected chi connectivity index (χ3v) is 5.01. The molecule has 2 rings (SSSR count). The molecule has 7 heteroatoms. The predicted octanol–water partition coefficient (Wildman–Crippen LogP) is 3.65. The summed E-state index contributed by atoms with van der Waals surface area (Å²) < 4.78 is 13.6. The first-order valence-corrected chi connectivity index (χ1v) is 9.83. The summed E-state index contributed by atoms with van der Waals surface area (Å²) in [6.45, 7) is 3.99. The first-order valence-electron chi connectivity index (χ1n) is 9.45. The largest absolute Gasteiger partial charge is 0.352 e. The lowest BCUT2D eigenvalue weighted by Crippen LogP contribution is -2.51. The van der Waals surface area contributed by atoms with Crippen molar-refractivity contribution < 1.29 is 14.0 Å². The average molecular weight is 420 g/mol. The number of halogens is 2. The van der Waals surface area contributed by atoms with Gasteiger partial charge in [0.25, 0.3) is 5.91 Å². The molecule has 2 amide bonds. The van der Waals surface area contributed by atoms with Gasteiger partial charge in [-0.3, -0.25) is 9.59 Å². The van der Waals surface area contributed by atoms with Crippen LogP contribution in [-0.4, -0.2) is 43.4 Å². The van der Waals surface area contributed by atoms with E-state index in [9.17, 15) is 14.0 Å². The number of nitrogens with one attached hydrogen (secondary N) is 2. The van der Waals surface area contributed by atoms with Gasteiger partial charge in [0, 0.05) is 6.54 Å². The van der Waals surface area contributed by atoms with Gasteiger partial charge in [-0.15, -0.1) is 0 Å². The van der Waals surface area contributed by atoms with E-state index in [1.807, 2.05) is 38.9 Å². The lowest BCUT2D eigenvalue weighted by atomic mass is 10.0. The predicted molar refractivity (Wildman–Crippen MR) is 113 cm³/mol. The van der Waals surface area contributed by atoms with Gasteiger partial charge in [0.15, 0.2) is 0 Å². The highest BCUT2D eigenvalue weighted by Gasteiger charge is 2.26. The van der Waals surface area contributed by atoms with Crippen LogP contribution < -0.4 is 10.6 Å². The molecule has 0 aliphatic rings. The Bertz CT molecular complexity index is 857. The zero-order chi connectivity index (χ0) is 21.6. The Morgan fingerprint density at radius 1 is 1.10 bits per heavy atom. The van der Waals surface area contributed by atoms with Gasteiger partial charge in [-0.25, -0.2) is 4.39 Å². The van der Waals surface area contributed by atoms with E-state index in [1.165, 1.54) is 12.1 Å². The van der Waals surface area contributed by atoms with Crippen molar-refractivity contribution in [2.45, 2.75) is 25.9 Å². The number of likely N-dealkylation sites (N-methyl/N-ethyl adjacent to an activating group) is 1. The monoisotopic (exact) mass is 419 g/mol. The molecule has 0 aliphatic carbocycles. The highest BCUT2D eigenvalue weighted by molar-refractivity contribution is 6.33. The smallest absolute Gasteiger partial charge is 0.253 e. The molecule has 0 saturated carbocycles. The van der Waals surface area contributed by atoms with Crippen LogP contribution in [0.25, 0.3) is 0 Å². The highest BCUT2D eigenvalue weighted by Crippen LogP contribution is 2.19. The van der Waals surface area contributed by atoms with Crippen LogP contribution in [0.15, 0.2) is 48.5 Å². The van der Waals surface area contributed by atoms with Crippen molar-refractivity contribution in [1.82, 2.24) is 15.5 Å². The van der Waals surface area contributed by atoms with E-state index in [0.29, 0.717) is 10.6 Å². The van der Waals surface area contributed by atoms with Gasteiger partial charge >= 0.3 is 0 Å². The molecular weight excluding hydrogens is 393 g/mol. The van der Waals surface area contributed by atoms with E-state index in [2.05, 4.69) is 10.6 Å². The molecule has 0 fully saturated rings. The lowest BCUT2D eigenvalue weighted by Gasteiger charge is -2.27. The van der Waals surface area contributed by atoms with Crippen LogP contribution in [0.3, 0.4) is 0 Å². The molecule has 0 aliphatic heterocycles. The van der Waals surface area contributed by atoms with Crippen LogP contribution >= 0.6 is 11.6 Å². The number of hydrogen-bond acceptors (Lipinski definition) is 3. The van der Waals surface area contributed by atoms with Crippen LogP contribution in [-0.2, 0) is 4.79 Å². The first-order chi connectivity index (χ1) is 13.7. The summed E-state index contributed by atoms with van der Waals surface area (Å²) in [6.07, 6.45) is 0. The summed E-state index contributed by atoms with van der Waals surface area (Å²) in [7, 11) is 3.72. The van der Waals surface area contributed by atoms with Crippen LogP contribution in [0.5, 0.6) is 0 Å². The zero-order valence-corrected chi connectivity index (χ0v) is 17.8. The molecule has 2 atom stereocenters. The Morgan fingerprint density at radius 2 is 1.79 bits per heavy atom. The molecule has 29 heavy (non-hydrogen) atoms. The van der Waals surface area contributed by atoms with Crippen molar-refractivity contribution in [1.29, 1.82) is 0 Å². The Balaban J connectivity index is 2.08. The summed E-state index contributed by atoms with van der Waals surface area (Å²) >= 11 is 6.08. The second-order valence-electron chi connectivity index (χ2n) is 7.45. The molecule has 0 spiro atoms. The van der Waals surface area contributed by atoms with E-state index < -0.39 is 11.9 Å². The number of hydrogen-bond donors (Lipinski definition) is 2. The van der Waals surface area contributed by atoms with Crippen molar-refractivity contribution in [3.05, 3.63) is 70.5 Å². The molecule has 156 valence electrons. The summed E-state index contributed by atoms with van der Waals surface area (Å²) in [5.41, 5.74) is 1.08. The summed E-state index contributed by atoms with van der Waals surface area (Å²) in [5, 5.41) is 5.98. The van der Waals surface area contributed by atoms with Gasteiger partial charge in [0.1, 0.15) is 11.9 Å². The molecule has 0 radical (unpaired) electrons. The Morgan fingerprint density at radius 3 is 2.38 bits per heavy atom. The molecule has 0 bridgehead atoms. The van der Waals surface area contributed by atoms with Gasteiger partial charge in [-0.2, -0.15) is 0 Å². The zero-order valence-electron chi connectivity index (χ0n) is 17.1. The highest BCUT2D eigenvalue weighted by atomic mass is 35.5. The molecule has 2 aromatic rings. The SMILES string of the molecule is CC(C)[C@@H](NC(=O)c1ccccc1Cl)C(=O)NC[C@@H](c1cccc(F)c1)N(C)C. The maximum absolute atomic E-state index is 13.6. The molecule has 2 N–H and O–H groups in total. The quantitative estimate of drug-likeness (QED) is 0.686. The van der Waals surface area contributed by atoms with E-state index in [4.69, 9.17) is 11.6 Å². The minimum Gasteiger partial charge on any atom is -0.352 e. The lowest BCUT2D eigenvalue weighted by molar-refractivity contribution is -0.124. The molecule has 2 aromatic carbocycles. The van der Waals surface area contributed by atoms with Crippen LogP contribution in [0.4, 0.5) is 4.39 Å². The summed E-state index contributed by atoms with van der Waals surface area (Å²) in [5.74, 6) is -1.16. The Hall–Kier alpha value is -2.44. The van der Waals surface area contributed by atoms with Gasteiger partial charge in [-0.1, -0.05) is 49.7 Å². The maximum atomic E-state index is 13.6. The van der Waals surface area contributed by atoms with Crippen molar-refractivity contribution in [2.24, 2.45) is 5.92 Å². The summed E-state index contributed by atoms with van der Waals surface area (Å²) in [4.78, 5) is 27.3. The number of rotatable bonds is 8. The standard InChI is InChI=1S/C22H27ClFN3O2/c1-14(2)20(26-21(28)17-10-5-6-11-18(17)23)22(29)25-13-19(27(3)4)15-8-7-9-16(24)12-15/h5-12,14,19-20H,13H2,1-4H3,(H,25,29)(H,26,28)/t19-,20+/m0/s1. The fourth-order valence-electron chi connectivity index (χ4n) is 3.02. The first kappa shape index (κ1) is 22.8. The fourth-order valence-corrected chi connectivity index (χ4v) is 3.24. The third kappa shape index (κ3) is 6.27. The number of benzene rings is 2. The van der Waals surface area contributed by atoms with Crippen molar-refractivity contribution in [3.8, 4) is 0 Å². The fraction of sp³-hybridized carbons (Fsp3) is 0.364. The van der Waals surface area contributed by atoms with E-state index in [-0.39, 0.29) is 30.2 Å². The molecule has 5 nitrogen and oxygen atoms in total. The average Bonchev–Trinajstić information content (AvgIpc) is 2.65. The molecule has 0 aromatic heterocycles. The van der Waals surface area contributed by atoms with E-state index in [1.54, 1.807) is 30.3 Å². The molecular formula is C22H27ClFN3O2. The van der Waals surface area contributed by atoms with Gasteiger partial charge in [0.2, 0.25) is 5.91 Å². The van der Waals surface area contributed by atoms with Gasteiger partial charge < -0.3 is 15.5 Å². The van der Waals surface area contributed by atoms with Gasteiger partial charge in [-0.05, 0) is 49.8 Å². The Labute approximate surface area is 176 Å². The minimum absolute atomic E-state index is 0.131. The Kier molecular flexibility index (Phi) is 8.17. The second-order valence-corrected chi connectivity index (χ2v) is 7.86. The van der Waals surface area contributed by atoms with Crippen LogP contribution in [0, 0.1) is 11.7 Å². The topological polar surface area (TPSA) is 61.4 Å². The number of carbonyl (C=O) groups is 2. The summed E-state index contributed by atoms with van der Waals surface area (Å²) in [6, 6.07) is 12.1. The number of amides is 2. The number of nitrogens with zero attached hydrogens (tertiary/aromatic N) is 1. The van der Waals surface area contributed by atoms with Crippen molar-refractivity contribution in [2.75, 3.05) is 20.6 Å². The second kappa shape index (κ2) is 10.4. The molecule has 0 heterocycles. The number of carbonyl (C=O) groups excluding carboxylic acids is 2. The van der Waals surface area contributed by atoms with Crippen LogP contribution in [0.1, 0.15) is 35.8 Å². The third-order valence-electron chi connectivity index (χ3n) is 4.68. The minimum atomic E-state index is -0.728. The molecule has 0 unspecified atom stereocenters. The normalized spacial score (nSPS) is 13.2. The van der Waals surface area contributed by atoms with Crippen molar-refractivity contribution >= 4 is 23.4 Å². The van der Waals surface area contributed by atoms with E-state index in [0.717, 1.165) is 5.56 Å². The van der Waals surface area contributed by atoms with E-state index >= 15 is 0 Å². The van der Waals surface area contributed by atoms with Crippen LogP contribution in [0.2, 0.25) is 5.02 Å². The van der Waals surface area contributed by atoms with Crippen molar-refractivity contribution in [3.63, 3.8) is 0 Å².